The highest BCUT2D eigenvalue weighted by molar-refractivity contribution is 5.97. The van der Waals surface area contributed by atoms with E-state index in [9.17, 15) is 5.26 Å². The lowest BCUT2D eigenvalue weighted by molar-refractivity contribution is 0.311. The topological polar surface area (TPSA) is 55.1 Å². The summed E-state index contributed by atoms with van der Waals surface area (Å²) >= 11 is 0. The Hall–Kier alpha value is -3.32. The maximum atomic E-state index is 9.64. The van der Waals surface area contributed by atoms with Gasteiger partial charge in [-0.05, 0) is 54.5 Å². The van der Waals surface area contributed by atoms with Gasteiger partial charge in [-0.3, -0.25) is 4.98 Å². The second-order valence-electron chi connectivity index (χ2n) is 5.39. The van der Waals surface area contributed by atoms with Gasteiger partial charge in [0.1, 0.15) is 0 Å². The van der Waals surface area contributed by atoms with Gasteiger partial charge in [-0.1, -0.05) is 18.2 Å². The molecule has 4 nitrogen and oxygen atoms in total. The van der Waals surface area contributed by atoms with Crippen molar-refractivity contribution in [3.63, 3.8) is 0 Å². The van der Waals surface area contributed by atoms with Gasteiger partial charge in [-0.2, -0.15) is 5.26 Å². The average Bonchev–Trinajstić information content (AvgIpc) is 2.67. The zero-order valence-corrected chi connectivity index (χ0v) is 14.2. The van der Waals surface area contributed by atoms with Crippen molar-refractivity contribution in [2.75, 3.05) is 13.7 Å². The van der Waals surface area contributed by atoms with Crippen molar-refractivity contribution in [2.24, 2.45) is 0 Å². The predicted molar refractivity (Wildman–Crippen MR) is 99.4 cm³/mol. The number of rotatable bonds is 5. The van der Waals surface area contributed by atoms with E-state index in [1.807, 2.05) is 61.5 Å². The first-order valence-electron chi connectivity index (χ1n) is 8.03. The summed E-state index contributed by atoms with van der Waals surface area (Å²) in [4.78, 5) is 4.36. The van der Waals surface area contributed by atoms with E-state index in [-0.39, 0.29) is 0 Å². The first-order chi connectivity index (χ1) is 12.3. The number of hydrogen-bond acceptors (Lipinski definition) is 4. The minimum absolute atomic E-state index is 0.553. The van der Waals surface area contributed by atoms with Crippen LogP contribution < -0.4 is 9.47 Å². The molecule has 0 aliphatic rings. The van der Waals surface area contributed by atoms with E-state index in [0.29, 0.717) is 23.7 Å². The van der Waals surface area contributed by atoms with Gasteiger partial charge in [0.2, 0.25) is 0 Å². The average molecular weight is 330 g/mol. The van der Waals surface area contributed by atoms with Crippen LogP contribution in [0.1, 0.15) is 18.1 Å². The van der Waals surface area contributed by atoms with Crippen molar-refractivity contribution in [3.05, 3.63) is 65.9 Å². The summed E-state index contributed by atoms with van der Waals surface area (Å²) in [7, 11) is 1.59. The van der Waals surface area contributed by atoms with Gasteiger partial charge in [0.25, 0.3) is 0 Å². The highest BCUT2D eigenvalue weighted by atomic mass is 16.5. The molecule has 0 saturated heterocycles. The number of methoxy groups -OCH3 is 1. The molecule has 0 unspecified atom stereocenters. The number of hydrogen-bond donors (Lipinski definition) is 0. The normalized spacial score (nSPS) is 11.2. The Kier molecular flexibility index (Phi) is 4.96. The molecule has 0 aliphatic carbocycles. The molecule has 0 bridgehead atoms. The number of nitrogens with zero attached hydrogens (tertiary/aromatic N) is 2. The van der Waals surface area contributed by atoms with Crippen molar-refractivity contribution >= 4 is 22.6 Å². The van der Waals surface area contributed by atoms with Gasteiger partial charge in [0.05, 0.1) is 30.9 Å². The SMILES string of the molecule is CCOc1ccc(/C(C#N)=C/c2ccnc3ccccc23)cc1OC. The van der Waals surface area contributed by atoms with E-state index in [1.54, 1.807) is 13.3 Å². The zero-order chi connectivity index (χ0) is 17.6. The minimum Gasteiger partial charge on any atom is -0.493 e. The number of allylic oxidation sites excluding steroid dienone is 1. The number of pyridine rings is 1. The predicted octanol–water partition coefficient (Wildman–Crippen LogP) is 4.71. The van der Waals surface area contributed by atoms with Crippen LogP contribution in [-0.2, 0) is 0 Å². The van der Waals surface area contributed by atoms with E-state index in [4.69, 9.17) is 9.47 Å². The van der Waals surface area contributed by atoms with Crippen LogP contribution in [0.4, 0.5) is 0 Å². The molecule has 0 N–H and O–H groups in total. The Bertz CT molecular complexity index is 966. The molecule has 3 rings (SSSR count). The second-order valence-corrected chi connectivity index (χ2v) is 5.39. The Morgan fingerprint density at radius 1 is 1.16 bits per heavy atom. The summed E-state index contributed by atoms with van der Waals surface area (Å²) in [6.07, 6.45) is 3.63. The van der Waals surface area contributed by atoms with Crippen molar-refractivity contribution in [1.29, 1.82) is 5.26 Å². The third kappa shape index (κ3) is 3.46. The van der Waals surface area contributed by atoms with Crippen LogP contribution in [0.2, 0.25) is 0 Å². The molecule has 0 saturated carbocycles. The second kappa shape index (κ2) is 7.50. The number of para-hydroxylation sites is 1. The smallest absolute Gasteiger partial charge is 0.161 e. The van der Waals surface area contributed by atoms with Crippen molar-refractivity contribution in [1.82, 2.24) is 4.98 Å². The highest BCUT2D eigenvalue weighted by Gasteiger charge is 2.09. The standard InChI is InChI=1S/C21H18N2O2/c1-3-25-20-9-8-15(13-21(20)24-2)17(14-22)12-16-10-11-23-19-7-5-4-6-18(16)19/h4-13H,3H2,1-2H3/b17-12+. The fraction of sp³-hybridized carbons (Fsp3) is 0.143. The van der Waals surface area contributed by atoms with Gasteiger partial charge >= 0.3 is 0 Å². The van der Waals surface area contributed by atoms with Crippen LogP contribution >= 0.6 is 0 Å². The van der Waals surface area contributed by atoms with Crippen molar-refractivity contribution in [2.45, 2.75) is 6.92 Å². The summed E-state index contributed by atoms with van der Waals surface area (Å²) in [6.45, 7) is 2.47. The lowest BCUT2D eigenvalue weighted by Gasteiger charge is -2.11. The summed E-state index contributed by atoms with van der Waals surface area (Å²) in [5, 5.41) is 10.7. The van der Waals surface area contributed by atoms with E-state index >= 15 is 0 Å². The molecule has 4 heteroatoms. The molecule has 25 heavy (non-hydrogen) atoms. The van der Waals surface area contributed by atoms with Gasteiger partial charge < -0.3 is 9.47 Å². The van der Waals surface area contributed by atoms with Crippen LogP contribution in [-0.4, -0.2) is 18.7 Å². The first-order valence-corrected chi connectivity index (χ1v) is 8.03. The third-order valence-corrected chi connectivity index (χ3v) is 3.88. The van der Waals surface area contributed by atoms with E-state index in [0.717, 1.165) is 22.0 Å². The Morgan fingerprint density at radius 3 is 2.76 bits per heavy atom. The summed E-state index contributed by atoms with van der Waals surface area (Å²) in [5.41, 5.74) is 3.19. The largest absolute Gasteiger partial charge is 0.493 e. The lowest BCUT2D eigenvalue weighted by Crippen LogP contribution is -1.96. The molecular weight excluding hydrogens is 312 g/mol. The van der Waals surface area contributed by atoms with Crippen LogP contribution in [0, 0.1) is 11.3 Å². The fourth-order valence-corrected chi connectivity index (χ4v) is 2.69. The maximum absolute atomic E-state index is 9.64. The van der Waals surface area contributed by atoms with Crippen LogP contribution in [0.25, 0.3) is 22.6 Å². The highest BCUT2D eigenvalue weighted by Crippen LogP contribution is 2.31. The maximum Gasteiger partial charge on any atom is 0.161 e. The molecule has 1 heterocycles. The minimum atomic E-state index is 0.553. The lowest BCUT2D eigenvalue weighted by atomic mass is 10.0. The molecule has 0 fully saturated rings. The van der Waals surface area contributed by atoms with Gasteiger partial charge in [-0.25, -0.2) is 0 Å². The number of fused-ring (bicyclic) bond motifs is 1. The molecule has 0 spiro atoms. The summed E-state index contributed by atoms with van der Waals surface area (Å²) in [6, 6.07) is 17.6. The quantitative estimate of drug-likeness (QED) is 0.636. The Morgan fingerprint density at radius 2 is 2.00 bits per heavy atom. The first kappa shape index (κ1) is 16.5. The zero-order valence-electron chi connectivity index (χ0n) is 14.2. The number of aromatic nitrogens is 1. The molecule has 3 aromatic rings. The molecule has 0 aliphatic heterocycles. The van der Waals surface area contributed by atoms with Crippen molar-refractivity contribution < 1.29 is 9.47 Å². The monoisotopic (exact) mass is 330 g/mol. The Balaban J connectivity index is 2.08. The molecule has 0 radical (unpaired) electrons. The van der Waals surface area contributed by atoms with Crippen LogP contribution in [0.3, 0.4) is 0 Å². The molecule has 0 atom stereocenters. The molecule has 0 amide bonds. The van der Waals surface area contributed by atoms with E-state index < -0.39 is 0 Å². The molecule has 1 aromatic heterocycles. The summed E-state index contributed by atoms with van der Waals surface area (Å²) < 4.78 is 10.9. The fourth-order valence-electron chi connectivity index (χ4n) is 2.69. The number of ether oxygens (including phenoxy) is 2. The molecular formula is C21H18N2O2. The number of nitriles is 1. The van der Waals surface area contributed by atoms with E-state index in [1.165, 1.54) is 0 Å². The van der Waals surface area contributed by atoms with Crippen LogP contribution in [0.15, 0.2) is 54.7 Å². The number of benzene rings is 2. The summed E-state index contributed by atoms with van der Waals surface area (Å²) in [5.74, 6) is 1.28. The van der Waals surface area contributed by atoms with Gasteiger partial charge in [0, 0.05) is 11.6 Å². The molecule has 124 valence electrons. The van der Waals surface area contributed by atoms with E-state index in [2.05, 4.69) is 11.1 Å². The Labute approximate surface area is 147 Å². The van der Waals surface area contributed by atoms with Crippen molar-refractivity contribution in [3.8, 4) is 17.6 Å². The van der Waals surface area contributed by atoms with Gasteiger partial charge in [0.15, 0.2) is 11.5 Å². The van der Waals surface area contributed by atoms with Crippen LogP contribution in [0.5, 0.6) is 11.5 Å². The third-order valence-electron chi connectivity index (χ3n) is 3.88. The molecule has 2 aromatic carbocycles. The van der Waals surface area contributed by atoms with Gasteiger partial charge in [-0.15, -0.1) is 0 Å².